The van der Waals surface area contributed by atoms with Crippen LogP contribution in [0.1, 0.15) is 44.3 Å². The lowest BCUT2D eigenvalue weighted by Crippen LogP contribution is -2.40. The van der Waals surface area contributed by atoms with Crippen LogP contribution in [-0.4, -0.2) is 8.07 Å². The first-order chi connectivity index (χ1) is 13.3. The van der Waals surface area contributed by atoms with Crippen LogP contribution in [0.25, 0.3) is 11.3 Å². The van der Waals surface area contributed by atoms with Crippen LogP contribution in [0.2, 0.25) is 19.6 Å². The van der Waals surface area contributed by atoms with Crippen LogP contribution in [0.5, 0.6) is 0 Å². The number of benzene rings is 1. The minimum absolute atomic E-state index is 0.0227. The topological polar surface area (TPSA) is 3.88 Å². The molecule has 0 amide bonds. The summed E-state index contributed by atoms with van der Waals surface area (Å²) in [6.07, 6.45) is -0.435. The molecule has 0 aliphatic heterocycles. The van der Waals surface area contributed by atoms with E-state index in [1.807, 2.05) is 13.0 Å². The Kier molecular flexibility index (Phi) is 3.65. The van der Waals surface area contributed by atoms with Crippen molar-refractivity contribution in [3.63, 3.8) is 0 Å². The van der Waals surface area contributed by atoms with Crippen molar-refractivity contribution >= 4 is 13.3 Å². The third-order valence-electron chi connectivity index (χ3n) is 4.18. The molecule has 0 aliphatic carbocycles. The molecule has 0 spiro atoms. The highest BCUT2D eigenvalue weighted by atomic mass is 28.3. The normalized spacial score (nSPS) is 16.6. The fraction of sp³-hybridized carbons (Fsp3) is 0.500. The first-order valence-electron chi connectivity index (χ1n) is 11.1. The average molecular weight is 364 g/mol. The van der Waals surface area contributed by atoms with Gasteiger partial charge in [0.25, 0.3) is 0 Å². The predicted molar refractivity (Wildman–Crippen MR) is 109 cm³/mol. The van der Waals surface area contributed by atoms with Crippen molar-refractivity contribution in [1.29, 1.82) is 0 Å². The largest absolute Gasteiger partial charge is 0.212 e. The maximum atomic E-state index is 15.0. The molecule has 1 heterocycles. The summed E-state index contributed by atoms with van der Waals surface area (Å²) in [6.45, 7) is 11.0. The summed E-state index contributed by atoms with van der Waals surface area (Å²) in [5.41, 5.74) is 1.38. The first-order valence-corrected chi connectivity index (χ1v) is 12.1. The Morgan fingerprint density at radius 3 is 2.32 bits per heavy atom. The van der Waals surface area contributed by atoms with Crippen molar-refractivity contribution in [2.24, 2.45) is 12.5 Å². The minimum atomic E-state index is -2.47. The van der Waals surface area contributed by atoms with E-state index in [2.05, 4.69) is 19.6 Å². The average Bonchev–Trinajstić information content (AvgIpc) is 2.53. The molecule has 2 rings (SSSR count). The molecule has 0 N–H and O–H groups in total. The van der Waals surface area contributed by atoms with E-state index in [9.17, 15) is 4.39 Å². The molecule has 1 aromatic heterocycles. The summed E-state index contributed by atoms with van der Waals surface area (Å²) in [5.74, 6) is -0.268. The van der Waals surface area contributed by atoms with Gasteiger partial charge in [-0.15, -0.1) is 0 Å². The lowest BCUT2D eigenvalue weighted by Gasteiger charge is -2.21. The number of rotatable bonds is 3. The first kappa shape index (κ1) is 13.7. The molecule has 0 radical (unpaired) electrons. The van der Waals surface area contributed by atoms with Crippen LogP contribution in [-0.2, 0) is 13.4 Å². The van der Waals surface area contributed by atoms with Crippen molar-refractivity contribution in [2.75, 3.05) is 0 Å². The number of pyridine rings is 1. The van der Waals surface area contributed by atoms with Gasteiger partial charge in [0.15, 0.2) is 6.20 Å². The smallest absolute Gasteiger partial charge is 0.207 e. The molecule has 0 saturated carbocycles. The Hall–Kier alpha value is -1.48. The molecule has 0 saturated heterocycles. The predicted octanol–water partition coefficient (Wildman–Crippen LogP) is 5.07. The van der Waals surface area contributed by atoms with E-state index in [1.54, 1.807) is 38.5 Å². The maximum Gasteiger partial charge on any atom is 0.212 e. The summed E-state index contributed by atoms with van der Waals surface area (Å²) in [4.78, 5) is 0. The Morgan fingerprint density at radius 2 is 1.80 bits per heavy atom. The second-order valence-corrected chi connectivity index (χ2v) is 13.9. The zero-order valence-corrected chi connectivity index (χ0v) is 17.6. The summed E-state index contributed by atoms with van der Waals surface area (Å²) in [5, 5.41) is 0.746. The molecule has 0 aliphatic rings. The van der Waals surface area contributed by atoms with Gasteiger partial charge in [0, 0.05) is 18.5 Å². The molecule has 3 heteroatoms. The monoisotopic (exact) mass is 363 g/mol. The lowest BCUT2D eigenvalue weighted by atomic mass is 9.86. The Morgan fingerprint density at radius 1 is 1.16 bits per heavy atom. The number of hydrogen-bond donors (Lipinski definition) is 0. The third kappa shape index (κ3) is 4.57. The van der Waals surface area contributed by atoms with E-state index < -0.39 is 26.7 Å². The van der Waals surface area contributed by atoms with Crippen LogP contribution in [0.4, 0.5) is 4.39 Å². The number of nitrogens with zero attached hydrogens (tertiary/aromatic N) is 1. The van der Waals surface area contributed by atoms with Gasteiger partial charge in [0.05, 0.1) is 13.6 Å². The van der Waals surface area contributed by atoms with Crippen LogP contribution >= 0.6 is 0 Å². The van der Waals surface area contributed by atoms with Crippen molar-refractivity contribution in [3.05, 3.63) is 46.9 Å². The fourth-order valence-electron chi connectivity index (χ4n) is 2.96. The van der Waals surface area contributed by atoms with Gasteiger partial charge in [0.1, 0.15) is 12.9 Å². The van der Waals surface area contributed by atoms with E-state index in [0.717, 1.165) is 10.8 Å². The summed E-state index contributed by atoms with van der Waals surface area (Å²) in [7, 11) is -0.149. The molecule has 0 unspecified atom stereocenters. The summed E-state index contributed by atoms with van der Waals surface area (Å²) >= 11 is 0. The van der Waals surface area contributed by atoms with Crippen LogP contribution in [0, 0.1) is 25.0 Å². The second-order valence-electron chi connectivity index (χ2n) is 8.87. The highest BCUT2D eigenvalue weighted by Gasteiger charge is 2.25. The Bertz CT molecular complexity index is 969. The molecular formula is C22H33FNSi+. The molecule has 25 heavy (non-hydrogen) atoms. The molecule has 0 atom stereocenters. The number of aryl methyl sites for hydroxylation is 3. The molecule has 1 nitrogen and oxygen atoms in total. The SMILES string of the molecule is [2H]C([2H])([2H])c1c[n+](C)c(-c2cc(F)c([Si](C)(C)C)cc2C)cc1C([2H])([2H])C(C)(C)C. The summed E-state index contributed by atoms with van der Waals surface area (Å²) in [6, 6.07) is 4.97. The van der Waals surface area contributed by atoms with Gasteiger partial charge in [-0.2, -0.15) is 0 Å². The van der Waals surface area contributed by atoms with Gasteiger partial charge in [-0.05, 0) is 47.9 Å². The number of aromatic nitrogens is 1. The Labute approximate surface area is 161 Å². The van der Waals surface area contributed by atoms with E-state index in [0.29, 0.717) is 11.3 Å². The molecule has 0 fully saturated rings. The maximum absolute atomic E-state index is 15.0. The van der Waals surface area contributed by atoms with Gasteiger partial charge in [-0.1, -0.05) is 46.5 Å². The molecule has 1 aromatic carbocycles. The molecule has 0 bridgehead atoms. The molecule has 136 valence electrons. The van der Waals surface area contributed by atoms with Crippen molar-refractivity contribution in [3.8, 4) is 11.3 Å². The van der Waals surface area contributed by atoms with E-state index >= 15 is 0 Å². The minimum Gasteiger partial charge on any atom is -0.207 e. The number of halogens is 1. The second kappa shape index (κ2) is 6.68. The quantitative estimate of drug-likeness (QED) is 0.529. The van der Waals surface area contributed by atoms with E-state index in [1.165, 1.54) is 12.3 Å². The molecular weight excluding hydrogens is 325 g/mol. The number of hydrogen-bond acceptors (Lipinski definition) is 0. The van der Waals surface area contributed by atoms with Gasteiger partial charge < -0.3 is 0 Å². The fourth-order valence-corrected chi connectivity index (χ4v) is 4.39. The summed E-state index contributed by atoms with van der Waals surface area (Å²) < 4.78 is 57.9. The lowest BCUT2D eigenvalue weighted by molar-refractivity contribution is -0.660. The van der Waals surface area contributed by atoms with Gasteiger partial charge >= 0.3 is 0 Å². The van der Waals surface area contributed by atoms with Crippen molar-refractivity contribution in [2.45, 2.75) is 60.6 Å². The highest BCUT2D eigenvalue weighted by molar-refractivity contribution is 6.88. The third-order valence-corrected chi connectivity index (χ3v) is 6.18. The molecule has 2 aromatic rings. The van der Waals surface area contributed by atoms with Crippen molar-refractivity contribution < 1.29 is 15.8 Å². The Balaban J connectivity index is 2.88. The van der Waals surface area contributed by atoms with Crippen LogP contribution in [0.3, 0.4) is 0 Å². The van der Waals surface area contributed by atoms with Gasteiger partial charge in [-0.25, -0.2) is 8.96 Å². The zero-order chi connectivity index (χ0) is 23.4. The van der Waals surface area contributed by atoms with Crippen molar-refractivity contribution in [1.82, 2.24) is 0 Å². The van der Waals surface area contributed by atoms with Gasteiger partial charge in [0.2, 0.25) is 5.69 Å². The van der Waals surface area contributed by atoms with Crippen LogP contribution in [0.15, 0.2) is 24.4 Å². The zero-order valence-electron chi connectivity index (χ0n) is 21.6. The van der Waals surface area contributed by atoms with E-state index in [-0.39, 0.29) is 16.9 Å². The van der Waals surface area contributed by atoms with Gasteiger partial charge in [-0.3, -0.25) is 0 Å². The highest BCUT2D eigenvalue weighted by Crippen LogP contribution is 2.27. The van der Waals surface area contributed by atoms with E-state index in [4.69, 9.17) is 6.85 Å². The standard InChI is InChI=1S/C22H33FNSi/c1-15-10-21(25(7,8)9)19(23)12-18(15)20-11-17(13-22(3,4)5)16(2)14-24(20)6/h10-12,14H,13H2,1-9H3/q+1/i2D3,13D2. The van der Waals surface area contributed by atoms with Crippen LogP contribution < -0.4 is 9.75 Å².